The van der Waals surface area contributed by atoms with Crippen LogP contribution in [0.2, 0.25) is 0 Å². The number of benzene rings is 1. The van der Waals surface area contributed by atoms with Crippen LogP contribution in [0.4, 0.5) is 0 Å². The zero-order valence-electron chi connectivity index (χ0n) is 10.3. The van der Waals surface area contributed by atoms with Crippen molar-refractivity contribution >= 4 is 5.97 Å². The summed E-state index contributed by atoms with van der Waals surface area (Å²) >= 11 is 0. The molecule has 0 heterocycles. The first-order valence-electron chi connectivity index (χ1n) is 5.97. The average molecular weight is 234 g/mol. The Morgan fingerprint density at radius 1 is 1.29 bits per heavy atom. The minimum Gasteiger partial charge on any atom is -0.508 e. The predicted octanol–water partition coefficient (Wildman–Crippen LogP) is 2.53. The molecule has 1 aromatic carbocycles. The lowest BCUT2D eigenvalue weighted by Crippen LogP contribution is -2.26. The normalized spacial score (nSPS) is 14.7. The Labute approximate surface area is 101 Å². The molecule has 2 N–H and O–H groups in total. The van der Waals surface area contributed by atoms with Gasteiger partial charge in [-0.25, -0.2) is 0 Å². The third-order valence-corrected chi connectivity index (χ3v) is 3.50. The second-order valence-electron chi connectivity index (χ2n) is 5.47. The standard InChI is InChI=1S/C14H18O3/c1-14(2,13(16)17)8-11-6-9-4-3-5-10(9)7-12(11)15/h6-7,15H,3-5,8H2,1-2H3,(H,16,17). The Kier molecular flexibility index (Phi) is 2.86. The van der Waals surface area contributed by atoms with Crippen molar-refractivity contribution in [2.75, 3.05) is 0 Å². The minimum atomic E-state index is -0.843. The lowest BCUT2D eigenvalue weighted by molar-refractivity contribution is -0.146. The fourth-order valence-corrected chi connectivity index (χ4v) is 2.36. The lowest BCUT2D eigenvalue weighted by Gasteiger charge is -2.20. The molecule has 0 unspecified atom stereocenters. The van der Waals surface area contributed by atoms with Gasteiger partial charge in [0.1, 0.15) is 5.75 Å². The summed E-state index contributed by atoms with van der Waals surface area (Å²) in [6, 6.07) is 3.78. The van der Waals surface area contributed by atoms with Gasteiger partial charge in [0.2, 0.25) is 0 Å². The minimum absolute atomic E-state index is 0.236. The molecule has 0 spiro atoms. The fourth-order valence-electron chi connectivity index (χ4n) is 2.36. The molecule has 0 saturated carbocycles. The van der Waals surface area contributed by atoms with Crippen LogP contribution in [0.25, 0.3) is 0 Å². The van der Waals surface area contributed by atoms with Gasteiger partial charge in [-0.2, -0.15) is 0 Å². The van der Waals surface area contributed by atoms with Gasteiger partial charge in [0.15, 0.2) is 0 Å². The van der Waals surface area contributed by atoms with E-state index in [0.717, 1.165) is 24.8 Å². The number of hydrogen-bond acceptors (Lipinski definition) is 2. The topological polar surface area (TPSA) is 57.5 Å². The van der Waals surface area contributed by atoms with Crippen molar-refractivity contribution in [3.8, 4) is 5.75 Å². The van der Waals surface area contributed by atoms with Gasteiger partial charge in [-0.15, -0.1) is 0 Å². The van der Waals surface area contributed by atoms with E-state index < -0.39 is 11.4 Å². The van der Waals surface area contributed by atoms with Gasteiger partial charge >= 0.3 is 5.97 Å². The maximum atomic E-state index is 11.1. The number of hydrogen-bond donors (Lipinski definition) is 2. The quantitative estimate of drug-likeness (QED) is 0.845. The number of phenolic OH excluding ortho intramolecular Hbond substituents is 1. The zero-order valence-corrected chi connectivity index (χ0v) is 10.3. The summed E-state index contributed by atoms with van der Waals surface area (Å²) in [6.45, 7) is 3.37. The molecular formula is C14H18O3. The van der Waals surface area contributed by atoms with Crippen LogP contribution >= 0.6 is 0 Å². The molecule has 0 atom stereocenters. The largest absolute Gasteiger partial charge is 0.508 e. The molecule has 92 valence electrons. The van der Waals surface area contributed by atoms with Crippen molar-refractivity contribution in [2.45, 2.75) is 39.5 Å². The summed E-state index contributed by atoms with van der Waals surface area (Å²) in [4.78, 5) is 11.1. The van der Waals surface area contributed by atoms with Gasteiger partial charge in [0.05, 0.1) is 5.41 Å². The van der Waals surface area contributed by atoms with Gasteiger partial charge < -0.3 is 10.2 Å². The number of aliphatic carboxylic acids is 1. The Hall–Kier alpha value is -1.51. The van der Waals surface area contributed by atoms with Crippen molar-refractivity contribution in [3.05, 3.63) is 28.8 Å². The smallest absolute Gasteiger partial charge is 0.309 e. The van der Waals surface area contributed by atoms with E-state index in [0.29, 0.717) is 6.42 Å². The van der Waals surface area contributed by atoms with Crippen molar-refractivity contribution < 1.29 is 15.0 Å². The van der Waals surface area contributed by atoms with Gasteiger partial charge in [-0.1, -0.05) is 6.07 Å². The van der Waals surface area contributed by atoms with Crippen LogP contribution in [-0.2, 0) is 24.1 Å². The van der Waals surface area contributed by atoms with Crippen molar-refractivity contribution in [1.82, 2.24) is 0 Å². The number of aryl methyl sites for hydroxylation is 2. The van der Waals surface area contributed by atoms with Crippen LogP contribution in [0.15, 0.2) is 12.1 Å². The number of carboxylic acids is 1. The Morgan fingerprint density at radius 3 is 2.47 bits per heavy atom. The number of rotatable bonds is 3. The highest BCUT2D eigenvalue weighted by molar-refractivity contribution is 5.74. The fraction of sp³-hybridized carbons (Fsp3) is 0.500. The van der Waals surface area contributed by atoms with Gasteiger partial charge in [0.25, 0.3) is 0 Å². The number of carbonyl (C=O) groups is 1. The van der Waals surface area contributed by atoms with Crippen molar-refractivity contribution in [2.24, 2.45) is 5.41 Å². The summed E-state index contributed by atoms with van der Waals surface area (Å²) in [7, 11) is 0. The highest BCUT2D eigenvalue weighted by atomic mass is 16.4. The first-order chi connectivity index (χ1) is 7.90. The van der Waals surface area contributed by atoms with Crippen LogP contribution in [0.1, 0.15) is 37.0 Å². The van der Waals surface area contributed by atoms with E-state index in [1.807, 2.05) is 6.07 Å². The summed E-state index contributed by atoms with van der Waals surface area (Å²) in [5.41, 5.74) is 2.38. The molecular weight excluding hydrogens is 216 g/mol. The van der Waals surface area contributed by atoms with Crippen LogP contribution in [0, 0.1) is 5.41 Å². The summed E-state index contributed by atoms with van der Waals surface area (Å²) in [5, 5.41) is 19.0. The molecule has 2 rings (SSSR count). The van der Waals surface area contributed by atoms with Crippen LogP contribution in [-0.4, -0.2) is 16.2 Å². The summed E-state index contributed by atoms with van der Waals surface area (Å²) < 4.78 is 0. The first-order valence-corrected chi connectivity index (χ1v) is 5.97. The molecule has 3 heteroatoms. The van der Waals surface area contributed by atoms with Gasteiger partial charge in [-0.05, 0) is 62.3 Å². The maximum absolute atomic E-state index is 11.1. The second kappa shape index (κ2) is 4.06. The molecule has 0 radical (unpaired) electrons. The highest BCUT2D eigenvalue weighted by Gasteiger charge is 2.29. The van der Waals surface area contributed by atoms with E-state index in [1.165, 1.54) is 11.1 Å². The molecule has 0 aliphatic heterocycles. The van der Waals surface area contributed by atoms with E-state index in [-0.39, 0.29) is 5.75 Å². The Morgan fingerprint density at radius 2 is 1.88 bits per heavy atom. The van der Waals surface area contributed by atoms with E-state index in [4.69, 9.17) is 5.11 Å². The van der Waals surface area contributed by atoms with Gasteiger partial charge in [0, 0.05) is 0 Å². The zero-order chi connectivity index (χ0) is 12.6. The molecule has 0 amide bonds. The van der Waals surface area contributed by atoms with E-state index in [9.17, 15) is 9.90 Å². The monoisotopic (exact) mass is 234 g/mol. The maximum Gasteiger partial charge on any atom is 0.309 e. The van der Waals surface area contributed by atoms with E-state index >= 15 is 0 Å². The third-order valence-electron chi connectivity index (χ3n) is 3.50. The number of phenols is 1. The highest BCUT2D eigenvalue weighted by Crippen LogP contribution is 2.33. The van der Waals surface area contributed by atoms with E-state index in [1.54, 1.807) is 19.9 Å². The SMILES string of the molecule is CC(C)(Cc1cc2c(cc1O)CCC2)C(=O)O. The molecule has 3 nitrogen and oxygen atoms in total. The molecule has 0 saturated heterocycles. The molecule has 0 aromatic heterocycles. The molecule has 1 aliphatic carbocycles. The molecule has 1 aliphatic rings. The second-order valence-corrected chi connectivity index (χ2v) is 5.47. The Balaban J connectivity index is 2.31. The Bertz CT molecular complexity index is 461. The summed E-state index contributed by atoms with van der Waals surface area (Å²) in [5.74, 6) is -0.600. The summed E-state index contributed by atoms with van der Waals surface area (Å²) in [6.07, 6.45) is 3.55. The molecule has 0 fully saturated rings. The van der Waals surface area contributed by atoms with E-state index in [2.05, 4.69) is 0 Å². The molecule has 1 aromatic rings. The van der Waals surface area contributed by atoms with Crippen LogP contribution in [0.5, 0.6) is 5.75 Å². The third kappa shape index (κ3) is 2.28. The average Bonchev–Trinajstić information content (AvgIpc) is 2.64. The van der Waals surface area contributed by atoms with Crippen LogP contribution in [0.3, 0.4) is 0 Å². The first kappa shape index (κ1) is 12.0. The molecule has 17 heavy (non-hydrogen) atoms. The van der Waals surface area contributed by atoms with Crippen LogP contribution < -0.4 is 0 Å². The lowest BCUT2D eigenvalue weighted by atomic mass is 9.85. The van der Waals surface area contributed by atoms with Crippen molar-refractivity contribution in [1.29, 1.82) is 0 Å². The number of fused-ring (bicyclic) bond motifs is 1. The van der Waals surface area contributed by atoms with Gasteiger partial charge in [-0.3, -0.25) is 4.79 Å². The van der Waals surface area contributed by atoms with Crippen molar-refractivity contribution in [3.63, 3.8) is 0 Å². The number of carboxylic acid groups (broad SMARTS) is 1. The predicted molar refractivity (Wildman–Crippen MR) is 65.3 cm³/mol. The number of aromatic hydroxyl groups is 1. The molecule has 0 bridgehead atoms.